The summed E-state index contributed by atoms with van der Waals surface area (Å²) in [4.78, 5) is 2.41. The van der Waals surface area contributed by atoms with Crippen LogP contribution in [-0.2, 0) is 0 Å². The number of fused-ring (bicyclic) bond motifs is 11. The summed E-state index contributed by atoms with van der Waals surface area (Å²) in [7, 11) is 0. The van der Waals surface area contributed by atoms with Crippen LogP contribution in [0, 0.1) is 0 Å². The highest BCUT2D eigenvalue weighted by Gasteiger charge is 2.21. The molecule has 0 aliphatic rings. The molecular weight excluding hydrogens is 837 g/mol. The Morgan fingerprint density at radius 1 is 0.304 bits per heavy atom. The van der Waals surface area contributed by atoms with Crippen LogP contribution < -0.4 is 4.90 Å². The Kier molecular flexibility index (Phi) is 8.90. The zero-order valence-electron chi connectivity index (χ0n) is 37.6. The molecule has 14 rings (SSSR count). The third-order valence-corrected chi connectivity index (χ3v) is 14.1. The van der Waals surface area contributed by atoms with E-state index in [1.54, 1.807) is 0 Å². The highest BCUT2D eigenvalue weighted by Crippen LogP contribution is 2.45. The highest BCUT2D eigenvalue weighted by atomic mass is 16.3. The molecule has 12 aromatic carbocycles. The van der Waals surface area contributed by atoms with E-state index in [4.69, 9.17) is 4.42 Å². The fraction of sp³-hybridized carbons (Fsp3) is 0. The summed E-state index contributed by atoms with van der Waals surface area (Å²) in [6.07, 6.45) is 0. The van der Waals surface area contributed by atoms with Crippen LogP contribution in [0.4, 0.5) is 17.1 Å². The van der Waals surface area contributed by atoms with Gasteiger partial charge in [-0.25, -0.2) is 0 Å². The normalized spacial score (nSPS) is 11.8. The Bertz CT molecular complexity index is 4270. The number of aromatic nitrogens is 1. The van der Waals surface area contributed by atoms with Crippen LogP contribution in [0.5, 0.6) is 0 Å². The van der Waals surface area contributed by atoms with Crippen LogP contribution in [0.3, 0.4) is 0 Å². The molecule has 0 aliphatic carbocycles. The molecule has 0 spiro atoms. The minimum absolute atomic E-state index is 0.873. The van der Waals surface area contributed by atoms with E-state index in [-0.39, 0.29) is 0 Å². The Balaban J connectivity index is 0.922. The minimum Gasteiger partial charge on any atom is -0.455 e. The minimum atomic E-state index is 0.873. The molecule has 0 aliphatic heterocycles. The maximum atomic E-state index is 6.74. The summed E-state index contributed by atoms with van der Waals surface area (Å²) < 4.78 is 9.13. The first-order valence-electron chi connectivity index (χ1n) is 23.7. The summed E-state index contributed by atoms with van der Waals surface area (Å²) >= 11 is 0. The van der Waals surface area contributed by atoms with Crippen LogP contribution in [-0.4, -0.2) is 4.57 Å². The molecule has 3 nitrogen and oxygen atoms in total. The van der Waals surface area contributed by atoms with Gasteiger partial charge in [0, 0.05) is 49.6 Å². The lowest BCUT2D eigenvalue weighted by atomic mass is 9.93. The molecule has 0 unspecified atom stereocenters. The molecule has 0 amide bonds. The molecule has 2 aromatic heterocycles. The Labute approximate surface area is 399 Å². The standard InChI is InChI=1S/C66H42N2O/c1-4-23-54-44(15-1)33-38-60-59-37-34-48(42-65(59)69-66(54)60)53-22-7-10-28-62(53)67(50-19-14-18-46(40-50)61-41-47-16-2-3-21-52(47)55-24-5-6-25-56(55)61)49-35-31-43(32-36-49)45-17-13-20-51(39-45)68-63-29-11-8-26-57(63)58-27-9-12-30-64(58)68/h1-42H. The molecule has 2 heterocycles. The van der Waals surface area contributed by atoms with Crippen molar-refractivity contribution in [2.45, 2.75) is 0 Å². The van der Waals surface area contributed by atoms with E-state index >= 15 is 0 Å². The lowest BCUT2D eigenvalue weighted by Gasteiger charge is -2.28. The molecule has 0 atom stereocenters. The molecule has 0 saturated carbocycles. The fourth-order valence-corrected chi connectivity index (χ4v) is 10.9. The first-order chi connectivity index (χ1) is 34.2. The van der Waals surface area contributed by atoms with E-state index in [1.807, 2.05) is 0 Å². The Morgan fingerprint density at radius 2 is 0.913 bits per heavy atom. The van der Waals surface area contributed by atoms with Crippen molar-refractivity contribution in [1.82, 2.24) is 4.57 Å². The maximum Gasteiger partial charge on any atom is 0.143 e. The lowest BCUT2D eigenvalue weighted by Crippen LogP contribution is -2.11. The number of hydrogen-bond acceptors (Lipinski definition) is 2. The average Bonchev–Trinajstić information content (AvgIpc) is 3.97. The predicted molar refractivity (Wildman–Crippen MR) is 292 cm³/mol. The van der Waals surface area contributed by atoms with Crippen molar-refractivity contribution in [2.75, 3.05) is 4.90 Å². The molecule has 0 bridgehead atoms. The second-order valence-electron chi connectivity index (χ2n) is 18.0. The van der Waals surface area contributed by atoms with Crippen molar-refractivity contribution in [3.8, 4) is 39.1 Å². The third-order valence-electron chi connectivity index (χ3n) is 14.1. The van der Waals surface area contributed by atoms with Gasteiger partial charge < -0.3 is 13.9 Å². The van der Waals surface area contributed by atoms with E-state index in [0.29, 0.717) is 0 Å². The predicted octanol–water partition coefficient (Wildman–Crippen LogP) is 18.6. The van der Waals surface area contributed by atoms with Crippen LogP contribution in [0.25, 0.3) is 115 Å². The molecule has 322 valence electrons. The van der Waals surface area contributed by atoms with Crippen LogP contribution in [0.15, 0.2) is 259 Å². The summed E-state index contributed by atoms with van der Waals surface area (Å²) in [6, 6.07) is 92.5. The van der Waals surface area contributed by atoms with E-state index in [0.717, 1.165) is 77.9 Å². The summed E-state index contributed by atoms with van der Waals surface area (Å²) in [6.45, 7) is 0. The second-order valence-corrected chi connectivity index (χ2v) is 18.0. The van der Waals surface area contributed by atoms with Gasteiger partial charge >= 0.3 is 0 Å². The largest absolute Gasteiger partial charge is 0.455 e. The number of hydrogen-bond donors (Lipinski definition) is 0. The lowest BCUT2D eigenvalue weighted by molar-refractivity contribution is 0.673. The fourth-order valence-electron chi connectivity index (χ4n) is 10.9. The van der Waals surface area contributed by atoms with Gasteiger partial charge in [-0.2, -0.15) is 0 Å². The zero-order chi connectivity index (χ0) is 45.4. The van der Waals surface area contributed by atoms with Gasteiger partial charge in [-0.3, -0.25) is 0 Å². The smallest absolute Gasteiger partial charge is 0.143 e. The monoisotopic (exact) mass is 878 g/mol. The van der Waals surface area contributed by atoms with Crippen LogP contribution in [0.1, 0.15) is 0 Å². The number of furan rings is 1. The molecule has 0 radical (unpaired) electrons. The van der Waals surface area contributed by atoms with E-state index in [2.05, 4.69) is 264 Å². The van der Waals surface area contributed by atoms with Gasteiger partial charge in [0.15, 0.2) is 0 Å². The number of para-hydroxylation sites is 3. The van der Waals surface area contributed by atoms with E-state index in [9.17, 15) is 0 Å². The van der Waals surface area contributed by atoms with Crippen molar-refractivity contribution in [2.24, 2.45) is 0 Å². The van der Waals surface area contributed by atoms with Gasteiger partial charge in [0.2, 0.25) is 0 Å². The van der Waals surface area contributed by atoms with Crippen LogP contribution >= 0.6 is 0 Å². The molecule has 0 saturated heterocycles. The number of nitrogens with zero attached hydrogens (tertiary/aromatic N) is 2. The van der Waals surface area contributed by atoms with Gasteiger partial charge in [-0.15, -0.1) is 0 Å². The number of anilines is 3. The van der Waals surface area contributed by atoms with Crippen molar-refractivity contribution < 1.29 is 4.42 Å². The van der Waals surface area contributed by atoms with Gasteiger partial charge in [-0.1, -0.05) is 176 Å². The van der Waals surface area contributed by atoms with Crippen molar-refractivity contribution in [1.29, 1.82) is 0 Å². The van der Waals surface area contributed by atoms with Gasteiger partial charge in [0.1, 0.15) is 11.2 Å². The molecule has 69 heavy (non-hydrogen) atoms. The van der Waals surface area contributed by atoms with Gasteiger partial charge in [0.05, 0.1) is 16.7 Å². The summed E-state index contributed by atoms with van der Waals surface area (Å²) in [5, 5.41) is 12.0. The molecule has 14 aromatic rings. The van der Waals surface area contributed by atoms with E-state index in [1.165, 1.54) is 54.3 Å². The van der Waals surface area contributed by atoms with Crippen LogP contribution in [0.2, 0.25) is 0 Å². The Morgan fingerprint density at radius 3 is 1.72 bits per heavy atom. The van der Waals surface area contributed by atoms with Crippen molar-refractivity contribution in [3.05, 3.63) is 255 Å². The number of rotatable bonds is 7. The molecule has 0 fully saturated rings. The van der Waals surface area contributed by atoms with Gasteiger partial charge in [0.25, 0.3) is 0 Å². The van der Waals surface area contributed by atoms with Crippen molar-refractivity contribution >= 4 is 93.1 Å². The third kappa shape index (κ3) is 6.36. The SMILES string of the molecule is c1cc(-c2cc3ccccc3c3ccccc23)cc(N(c2ccc(-c3cccc(-n4c5ccccc5c5ccccc54)c3)cc2)c2ccccc2-c2ccc3c(c2)oc2c4ccccc4ccc32)c1. The molecule has 0 N–H and O–H groups in total. The average molecular weight is 879 g/mol. The van der Waals surface area contributed by atoms with Gasteiger partial charge in [-0.05, 0) is 134 Å². The second kappa shape index (κ2) is 15.7. The highest BCUT2D eigenvalue weighted by molar-refractivity contribution is 6.16. The molecular formula is C66H42N2O. The first-order valence-corrected chi connectivity index (χ1v) is 23.7. The first kappa shape index (κ1) is 39.0. The van der Waals surface area contributed by atoms with Crippen molar-refractivity contribution in [3.63, 3.8) is 0 Å². The quantitative estimate of drug-likeness (QED) is 0.149. The zero-order valence-corrected chi connectivity index (χ0v) is 37.6. The number of benzene rings is 12. The topological polar surface area (TPSA) is 21.3 Å². The summed E-state index contributed by atoms with van der Waals surface area (Å²) in [5.74, 6) is 0. The Hall–Kier alpha value is -9.18. The van der Waals surface area contributed by atoms with E-state index < -0.39 is 0 Å². The maximum absolute atomic E-state index is 6.74. The summed E-state index contributed by atoms with van der Waals surface area (Å²) in [5.41, 5.74) is 15.4. The molecule has 3 heteroatoms.